The van der Waals surface area contributed by atoms with E-state index < -0.39 is 5.91 Å². The van der Waals surface area contributed by atoms with Crippen molar-refractivity contribution in [2.75, 3.05) is 18.1 Å². The maximum atomic E-state index is 12.0. The Morgan fingerprint density at radius 2 is 1.81 bits per heavy atom. The lowest BCUT2D eigenvalue weighted by atomic mass is 10.1. The molecule has 0 aliphatic rings. The molecule has 2 rings (SSSR count). The number of hydrogen-bond donors (Lipinski definition) is 3. The lowest BCUT2D eigenvalue weighted by molar-refractivity contribution is -0.119. The van der Waals surface area contributed by atoms with Crippen LogP contribution in [0.2, 0.25) is 0 Å². The number of carbonyl (C=O) groups is 2. The average Bonchev–Trinajstić information content (AvgIpc) is 2.49. The molecule has 1 heterocycles. The van der Waals surface area contributed by atoms with Crippen LogP contribution >= 0.6 is 0 Å². The number of likely N-dealkylation sites (N-methyl/N-ethyl adjacent to an activating group) is 1. The van der Waals surface area contributed by atoms with Gasteiger partial charge in [-0.3, -0.25) is 9.59 Å². The number of nitrogens with one attached hydrogen (secondary N) is 2. The molecule has 0 aliphatic carbocycles. The third kappa shape index (κ3) is 3.75. The highest BCUT2D eigenvalue weighted by atomic mass is 16.2. The smallest absolute Gasteiger partial charge is 0.278 e. The quantitative estimate of drug-likeness (QED) is 0.762. The molecule has 0 bridgehead atoms. The molecular formula is C14H15N5O2. The van der Waals surface area contributed by atoms with Gasteiger partial charge in [0.1, 0.15) is 0 Å². The van der Waals surface area contributed by atoms with Gasteiger partial charge in [-0.05, 0) is 17.7 Å². The Labute approximate surface area is 121 Å². The minimum absolute atomic E-state index is 0.0703. The summed E-state index contributed by atoms with van der Waals surface area (Å²) in [4.78, 5) is 30.9. The SMILES string of the molecule is CNC(=O)Cc1ccc(NC(=O)c2nccnc2N)cc1. The first kappa shape index (κ1) is 14.4. The number of nitrogens with zero attached hydrogens (tertiary/aromatic N) is 2. The number of nitrogen functional groups attached to an aromatic ring is 1. The molecule has 7 heteroatoms. The molecule has 0 fully saturated rings. The van der Waals surface area contributed by atoms with Crippen molar-refractivity contribution in [1.29, 1.82) is 0 Å². The summed E-state index contributed by atoms with van der Waals surface area (Å²) in [6.45, 7) is 0. The number of rotatable bonds is 4. The first-order valence-electron chi connectivity index (χ1n) is 6.27. The fourth-order valence-electron chi connectivity index (χ4n) is 1.69. The Balaban J connectivity index is 2.05. The van der Waals surface area contributed by atoms with Gasteiger partial charge in [0.15, 0.2) is 11.5 Å². The predicted molar refractivity (Wildman–Crippen MR) is 78.6 cm³/mol. The Hall–Kier alpha value is -2.96. The fraction of sp³-hybridized carbons (Fsp3) is 0.143. The summed E-state index contributed by atoms with van der Waals surface area (Å²) >= 11 is 0. The lowest BCUT2D eigenvalue weighted by Gasteiger charge is -2.07. The molecule has 108 valence electrons. The monoisotopic (exact) mass is 285 g/mol. The zero-order chi connectivity index (χ0) is 15.2. The van der Waals surface area contributed by atoms with Crippen LogP contribution in [0.15, 0.2) is 36.7 Å². The van der Waals surface area contributed by atoms with Crippen molar-refractivity contribution in [1.82, 2.24) is 15.3 Å². The molecule has 7 nitrogen and oxygen atoms in total. The average molecular weight is 285 g/mol. The molecule has 0 saturated heterocycles. The second kappa shape index (κ2) is 6.47. The van der Waals surface area contributed by atoms with E-state index in [2.05, 4.69) is 20.6 Å². The Kier molecular flexibility index (Phi) is 4.45. The summed E-state index contributed by atoms with van der Waals surface area (Å²) in [6.07, 6.45) is 3.11. The summed E-state index contributed by atoms with van der Waals surface area (Å²) in [7, 11) is 1.59. The van der Waals surface area contributed by atoms with Crippen LogP contribution in [0.25, 0.3) is 0 Å². The lowest BCUT2D eigenvalue weighted by Crippen LogP contribution is -2.20. The van der Waals surface area contributed by atoms with E-state index in [1.54, 1.807) is 31.3 Å². The van der Waals surface area contributed by atoms with Crippen molar-refractivity contribution >= 4 is 23.3 Å². The minimum atomic E-state index is -0.431. The first-order chi connectivity index (χ1) is 10.1. The third-order valence-electron chi connectivity index (χ3n) is 2.80. The number of anilines is 2. The molecule has 2 aromatic rings. The topological polar surface area (TPSA) is 110 Å². The second-order valence-corrected chi connectivity index (χ2v) is 4.29. The van der Waals surface area contributed by atoms with Crippen LogP contribution in [0.4, 0.5) is 11.5 Å². The number of benzene rings is 1. The molecule has 0 unspecified atom stereocenters. The van der Waals surface area contributed by atoms with Gasteiger partial charge in [0.25, 0.3) is 5.91 Å². The van der Waals surface area contributed by atoms with Gasteiger partial charge in [0.2, 0.25) is 5.91 Å². The van der Waals surface area contributed by atoms with Gasteiger partial charge in [-0.1, -0.05) is 12.1 Å². The molecular weight excluding hydrogens is 270 g/mol. The van der Waals surface area contributed by atoms with Crippen molar-refractivity contribution in [3.63, 3.8) is 0 Å². The molecule has 0 spiro atoms. The van der Waals surface area contributed by atoms with E-state index in [9.17, 15) is 9.59 Å². The number of nitrogens with two attached hydrogens (primary N) is 1. The fourth-order valence-corrected chi connectivity index (χ4v) is 1.69. The van der Waals surface area contributed by atoms with Crippen molar-refractivity contribution < 1.29 is 9.59 Å². The summed E-state index contributed by atoms with van der Waals surface area (Å²) in [5.41, 5.74) is 7.11. The van der Waals surface area contributed by atoms with Crippen molar-refractivity contribution in [3.8, 4) is 0 Å². The molecule has 0 radical (unpaired) electrons. The van der Waals surface area contributed by atoms with Crippen molar-refractivity contribution in [3.05, 3.63) is 47.9 Å². The van der Waals surface area contributed by atoms with Crippen LogP contribution in [-0.2, 0) is 11.2 Å². The van der Waals surface area contributed by atoms with Gasteiger partial charge in [-0.2, -0.15) is 0 Å². The molecule has 0 aliphatic heterocycles. The third-order valence-corrected chi connectivity index (χ3v) is 2.80. The first-order valence-corrected chi connectivity index (χ1v) is 6.27. The van der Waals surface area contributed by atoms with Gasteiger partial charge < -0.3 is 16.4 Å². The zero-order valence-electron chi connectivity index (χ0n) is 11.5. The van der Waals surface area contributed by atoms with Gasteiger partial charge in [0.05, 0.1) is 6.42 Å². The van der Waals surface area contributed by atoms with E-state index in [1.165, 1.54) is 12.4 Å². The molecule has 1 aromatic carbocycles. The largest absolute Gasteiger partial charge is 0.382 e. The predicted octanol–water partition coefficient (Wildman–Crippen LogP) is 0.600. The summed E-state index contributed by atoms with van der Waals surface area (Å²) in [6, 6.07) is 6.96. The van der Waals surface area contributed by atoms with E-state index in [0.29, 0.717) is 12.1 Å². The van der Waals surface area contributed by atoms with E-state index in [4.69, 9.17) is 5.73 Å². The Morgan fingerprint density at radius 3 is 2.43 bits per heavy atom. The molecule has 0 atom stereocenters. The molecule has 21 heavy (non-hydrogen) atoms. The van der Waals surface area contributed by atoms with Gasteiger partial charge in [0, 0.05) is 25.1 Å². The van der Waals surface area contributed by atoms with Gasteiger partial charge >= 0.3 is 0 Å². The van der Waals surface area contributed by atoms with Gasteiger partial charge in [-0.25, -0.2) is 9.97 Å². The van der Waals surface area contributed by atoms with Crippen LogP contribution < -0.4 is 16.4 Å². The van der Waals surface area contributed by atoms with Crippen molar-refractivity contribution in [2.45, 2.75) is 6.42 Å². The zero-order valence-corrected chi connectivity index (χ0v) is 11.5. The summed E-state index contributed by atoms with van der Waals surface area (Å²) in [5, 5.41) is 5.22. The number of aromatic nitrogens is 2. The highest BCUT2D eigenvalue weighted by molar-refractivity contribution is 6.05. The van der Waals surface area contributed by atoms with Crippen LogP contribution in [0.1, 0.15) is 16.1 Å². The number of amides is 2. The Morgan fingerprint density at radius 1 is 1.14 bits per heavy atom. The number of hydrogen-bond acceptors (Lipinski definition) is 5. The van der Waals surface area contributed by atoms with E-state index in [-0.39, 0.29) is 17.4 Å². The molecule has 0 saturated carbocycles. The van der Waals surface area contributed by atoms with E-state index in [1.807, 2.05) is 0 Å². The summed E-state index contributed by atoms with van der Waals surface area (Å²) < 4.78 is 0. The van der Waals surface area contributed by atoms with Crippen LogP contribution in [0.3, 0.4) is 0 Å². The van der Waals surface area contributed by atoms with Crippen molar-refractivity contribution in [2.24, 2.45) is 0 Å². The number of carbonyl (C=O) groups excluding carboxylic acids is 2. The maximum Gasteiger partial charge on any atom is 0.278 e. The highest BCUT2D eigenvalue weighted by Crippen LogP contribution is 2.12. The van der Waals surface area contributed by atoms with Gasteiger partial charge in [-0.15, -0.1) is 0 Å². The molecule has 2 amide bonds. The van der Waals surface area contributed by atoms with Crippen LogP contribution in [0, 0.1) is 0 Å². The second-order valence-electron chi connectivity index (χ2n) is 4.29. The summed E-state index contributed by atoms with van der Waals surface area (Å²) in [5.74, 6) is -0.426. The molecule has 1 aromatic heterocycles. The highest BCUT2D eigenvalue weighted by Gasteiger charge is 2.12. The molecule has 4 N–H and O–H groups in total. The van der Waals surface area contributed by atoms with Crippen LogP contribution in [0.5, 0.6) is 0 Å². The Bertz CT molecular complexity index is 655. The van der Waals surface area contributed by atoms with E-state index >= 15 is 0 Å². The standard InChI is InChI=1S/C14H15N5O2/c1-16-11(20)8-9-2-4-10(5-3-9)19-14(21)12-13(15)18-7-6-17-12/h2-7H,8H2,1H3,(H2,15,18)(H,16,20)(H,19,21). The van der Waals surface area contributed by atoms with Crippen LogP contribution in [-0.4, -0.2) is 28.8 Å². The normalized spacial score (nSPS) is 9.95. The minimum Gasteiger partial charge on any atom is -0.382 e. The maximum absolute atomic E-state index is 12.0. The van der Waals surface area contributed by atoms with E-state index in [0.717, 1.165) is 5.56 Å².